The molecule has 3 heteroatoms. The minimum atomic E-state index is -0.814. The summed E-state index contributed by atoms with van der Waals surface area (Å²) in [5.41, 5.74) is 1.37. The van der Waals surface area contributed by atoms with Gasteiger partial charge in [-0.1, -0.05) is 24.3 Å². The molecule has 1 aliphatic heterocycles. The number of likely N-dealkylation sites (tertiary alicyclic amines) is 1. The lowest BCUT2D eigenvalue weighted by Gasteiger charge is -2.20. The van der Waals surface area contributed by atoms with E-state index in [-0.39, 0.29) is 0 Å². The number of carboxylic acid groups (broad SMARTS) is 1. The molecular weight excluding hydrogens is 226 g/mol. The fourth-order valence-corrected chi connectivity index (χ4v) is 2.50. The molecule has 1 aromatic rings. The summed E-state index contributed by atoms with van der Waals surface area (Å²) in [5, 5.41) is 9.20. The molecule has 0 aromatic heterocycles. The zero-order valence-electron chi connectivity index (χ0n) is 11.3. The molecule has 0 amide bonds. The second-order valence-corrected chi connectivity index (χ2v) is 5.80. The molecule has 0 bridgehead atoms. The number of rotatable bonds is 3. The molecule has 2 rings (SSSR count). The van der Waals surface area contributed by atoms with E-state index in [1.54, 1.807) is 13.8 Å². The van der Waals surface area contributed by atoms with Gasteiger partial charge in [0.05, 0.1) is 5.41 Å². The number of hydrogen-bond acceptors (Lipinski definition) is 2. The molecular formula is C15H21NO2. The highest BCUT2D eigenvalue weighted by Crippen LogP contribution is 2.29. The van der Waals surface area contributed by atoms with Crippen LogP contribution in [0.15, 0.2) is 24.3 Å². The Labute approximate surface area is 108 Å². The lowest BCUT2D eigenvalue weighted by Crippen LogP contribution is -2.28. The summed E-state index contributed by atoms with van der Waals surface area (Å²) in [7, 11) is 2.14. The second kappa shape index (κ2) is 4.73. The van der Waals surface area contributed by atoms with Crippen molar-refractivity contribution in [3.8, 4) is 0 Å². The first-order valence-electron chi connectivity index (χ1n) is 6.43. The molecule has 1 aliphatic rings. The molecule has 1 fully saturated rings. The van der Waals surface area contributed by atoms with E-state index in [4.69, 9.17) is 0 Å². The highest BCUT2D eigenvalue weighted by Gasteiger charge is 2.29. The number of aliphatic carboxylic acids is 1. The molecule has 0 aliphatic carbocycles. The first-order chi connectivity index (χ1) is 8.41. The number of benzene rings is 1. The Kier molecular flexibility index (Phi) is 3.44. The van der Waals surface area contributed by atoms with Gasteiger partial charge in [0.15, 0.2) is 0 Å². The van der Waals surface area contributed by atoms with Gasteiger partial charge in [0, 0.05) is 6.54 Å². The lowest BCUT2D eigenvalue weighted by molar-refractivity contribution is -0.142. The average molecular weight is 247 g/mol. The number of nitrogens with zero attached hydrogens (tertiary/aromatic N) is 1. The molecule has 1 N–H and O–H groups in total. The molecule has 1 atom stereocenters. The quantitative estimate of drug-likeness (QED) is 0.892. The molecule has 0 spiro atoms. The normalized spacial score (nSPS) is 21.2. The third-order valence-corrected chi connectivity index (χ3v) is 4.03. The van der Waals surface area contributed by atoms with Gasteiger partial charge < -0.3 is 10.0 Å². The van der Waals surface area contributed by atoms with Crippen molar-refractivity contribution < 1.29 is 9.90 Å². The Hall–Kier alpha value is -1.35. The van der Waals surface area contributed by atoms with Crippen molar-refractivity contribution in [3.63, 3.8) is 0 Å². The van der Waals surface area contributed by atoms with Crippen LogP contribution in [0, 0.1) is 0 Å². The van der Waals surface area contributed by atoms with Gasteiger partial charge in [-0.05, 0) is 50.9 Å². The Morgan fingerprint density at radius 1 is 1.33 bits per heavy atom. The molecule has 0 radical (unpaired) electrons. The zero-order valence-corrected chi connectivity index (χ0v) is 11.3. The zero-order chi connectivity index (χ0) is 13.3. The SMILES string of the molecule is CN1CCC(c2ccc(C(C)(C)C(=O)O)cc2)C1. The standard InChI is InChI=1S/C15H21NO2/c1-15(2,14(17)18)13-6-4-11(5-7-13)12-8-9-16(3)10-12/h4-7,12H,8-10H2,1-3H3,(H,17,18). The molecule has 1 saturated heterocycles. The van der Waals surface area contributed by atoms with Gasteiger partial charge >= 0.3 is 5.97 Å². The summed E-state index contributed by atoms with van der Waals surface area (Å²) >= 11 is 0. The Morgan fingerprint density at radius 2 is 1.94 bits per heavy atom. The van der Waals surface area contributed by atoms with E-state index >= 15 is 0 Å². The van der Waals surface area contributed by atoms with Crippen LogP contribution in [0.5, 0.6) is 0 Å². The van der Waals surface area contributed by atoms with Gasteiger partial charge in [-0.25, -0.2) is 0 Å². The Bertz CT molecular complexity index is 436. The third kappa shape index (κ3) is 2.41. The summed E-state index contributed by atoms with van der Waals surface area (Å²) in [5.74, 6) is -0.187. The highest BCUT2D eigenvalue weighted by atomic mass is 16.4. The van der Waals surface area contributed by atoms with Crippen molar-refractivity contribution >= 4 is 5.97 Å². The Morgan fingerprint density at radius 3 is 2.39 bits per heavy atom. The largest absolute Gasteiger partial charge is 0.481 e. The van der Waals surface area contributed by atoms with Crippen LogP contribution in [0.3, 0.4) is 0 Å². The van der Waals surface area contributed by atoms with Crippen LogP contribution in [0.2, 0.25) is 0 Å². The van der Waals surface area contributed by atoms with Gasteiger partial charge in [-0.3, -0.25) is 4.79 Å². The van der Waals surface area contributed by atoms with Crippen molar-refractivity contribution in [1.82, 2.24) is 4.90 Å². The van der Waals surface area contributed by atoms with E-state index in [9.17, 15) is 9.90 Å². The number of carbonyl (C=O) groups is 1. The monoisotopic (exact) mass is 247 g/mol. The number of hydrogen-bond donors (Lipinski definition) is 1. The summed E-state index contributed by atoms with van der Waals surface area (Å²) < 4.78 is 0. The van der Waals surface area contributed by atoms with Gasteiger partial charge in [0.2, 0.25) is 0 Å². The maximum absolute atomic E-state index is 11.2. The van der Waals surface area contributed by atoms with Crippen LogP contribution >= 0.6 is 0 Å². The lowest BCUT2D eigenvalue weighted by atomic mass is 9.83. The topological polar surface area (TPSA) is 40.5 Å². The van der Waals surface area contributed by atoms with E-state index in [0.717, 1.165) is 18.7 Å². The minimum Gasteiger partial charge on any atom is -0.481 e. The predicted octanol–water partition coefficient (Wildman–Crippen LogP) is 2.47. The van der Waals surface area contributed by atoms with Crippen LogP contribution < -0.4 is 0 Å². The van der Waals surface area contributed by atoms with Gasteiger partial charge in [0.25, 0.3) is 0 Å². The fourth-order valence-electron chi connectivity index (χ4n) is 2.50. The van der Waals surface area contributed by atoms with Crippen LogP contribution in [-0.4, -0.2) is 36.1 Å². The van der Waals surface area contributed by atoms with Crippen LogP contribution in [0.25, 0.3) is 0 Å². The molecule has 3 nitrogen and oxygen atoms in total. The Balaban J connectivity index is 2.18. The number of carboxylic acids is 1. The molecule has 18 heavy (non-hydrogen) atoms. The van der Waals surface area contributed by atoms with E-state index in [1.165, 1.54) is 12.0 Å². The summed E-state index contributed by atoms with van der Waals surface area (Å²) in [6.45, 7) is 5.73. The van der Waals surface area contributed by atoms with E-state index in [1.807, 2.05) is 12.1 Å². The number of likely N-dealkylation sites (N-methyl/N-ethyl adjacent to an activating group) is 1. The highest BCUT2D eigenvalue weighted by molar-refractivity contribution is 5.80. The molecule has 1 heterocycles. The molecule has 1 aromatic carbocycles. The third-order valence-electron chi connectivity index (χ3n) is 4.03. The predicted molar refractivity (Wildman–Crippen MR) is 72.0 cm³/mol. The van der Waals surface area contributed by atoms with Gasteiger partial charge in [-0.2, -0.15) is 0 Å². The first kappa shape index (κ1) is 13.1. The van der Waals surface area contributed by atoms with E-state index in [0.29, 0.717) is 5.92 Å². The van der Waals surface area contributed by atoms with Crippen LogP contribution in [0.1, 0.15) is 37.3 Å². The van der Waals surface area contributed by atoms with Gasteiger partial charge in [0.1, 0.15) is 0 Å². The van der Waals surface area contributed by atoms with E-state index < -0.39 is 11.4 Å². The minimum absolute atomic E-state index is 0.594. The summed E-state index contributed by atoms with van der Waals surface area (Å²) in [6.07, 6.45) is 1.19. The average Bonchev–Trinajstić information content (AvgIpc) is 2.76. The molecule has 0 saturated carbocycles. The maximum Gasteiger partial charge on any atom is 0.313 e. The van der Waals surface area contributed by atoms with Crippen molar-refractivity contribution in [2.24, 2.45) is 0 Å². The van der Waals surface area contributed by atoms with Crippen LogP contribution in [-0.2, 0) is 10.2 Å². The second-order valence-electron chi connectivity index (χ2n) is 5.80. The first-order valence-corrected chi connectivity index (χ1v) is 6.43. The smallest absolute Gasteiger partial charge is 0.313 e. The molecule has 1 unspecified atom stereocenters. The van der Waals surface area contributed by atoms with Crippen molar-refractivity contribution in [3.05, 3.63) is 35.4 Å². The maximum atomic E-state index is 11.2. The van der Waals surface area contributed by atoms with Crippen molar-refractivity contribution in [1.29, 1.82) is 0 Å². The van der Waals surface area contributed by atoms with Crippen molar-refractivity contribution in [2.75, 3.05) is 20.1 Å². The summed E-state index contributed by atoms with van der Waals surface area (Å²) in [4.78, 5) is 13.5. The van der Waals surface area contributed by atoms with Crippen LogP contribution in [0.4, 0.5) is 0 Å². The fraction of sp³-hybridized carbons (Fsp3) is 0.533. The van der Waals surface area contributed by atoms with E-state index in [2.05, 4.69) is 24.1 Å². The molecule has 98 valence electrons. The van der Waals surface area contributed by atoms with Crippen molar-refractivity contribution in [2.45, 2.75) is 31.6 Å². The van der Waals surface area contributed by atoms with Gasteiger partial charge in [-0.15, -0.1) is 0 Å². The summed E-state index contributed by atoms with van der Waals surface area (Å²) in [6, 6.07) is 8.09.